The summed E-state index contributed by atoms with van der Waals surface area (Å²) in [6.07, 6.45) is 0. The average molecular weight is 533 g/mol. The maximum atomic E-state index is 2.50. The van der Waals surface area contributed by atoms with Crippen molar-refractivity contribution in [2.45, 2.75) is 53.9 Å². The summed E-state index contributed by atoms with van der Waals surface area (Å²) in [4.78, 5) is 4.99. The van der Waals surface area contributed by atoms with E-state index >= 15 is 0 Å². The van der Waals surface area contributed by atoms with Gasteiger partial charge in [0.25, 0.3) is 6.71 Å². The highest BCUT2D eigenvalue weighted by Gasteiger charge is 2.43. The third-order valence-electron chi connectivity index (χ3n) is 8.82. The van der Waals surface area contributed by atoms with E-state index in [9.17, 15) is 0 Å². The molecule has 0 bridgehead atoms. The summed E-state index contributed by atoms with van der Waals surface area (Å²) in [5, 5.41) is 0. The van der Waals surface area contributed by atoms with Crippen molar-refractivity contribution in [1.29, 1.82) is 0 Å². The number of benzene rings is 5. The molecule has 5 aromatic carbocycles. The molecule has 2 heterocycles. The van der Waals surface area contributed by atoms with Gasteiger partial charge in [-0.25, -0.2) is 0 Å². The molecule has 0 spiro atoms. The molecule has 7 rings (SSSR count). The summed E-state index contributed by atoms with van der Waals surface area (Å²) in [5.74, 6) is 0. The molecule has 2 aliphatic rings. The number of nitrogens with zero attached hydrogens (tertiary/aromatic N) is 2. The van der Waals surface area contributed by atoms with Gasteiger partial charge in [-0.05, 0) is 109 Å². The first kappa shape index (κ1) is 25.7. The van der Waals surface area contributed by atoms with E-state index in [1.807, 2.05) is 0 Å². The molecule has 0 saturated heterocycles. The Hall–Kier alpha value is -4.24. The van der Waals surface area contributed by atoms with Gasteiger partial charge in [0.2, 0.25) is 0 Å². The topological polar surface area (TPSA) is 6.48 Å². The van der Waals surface area contributed by atoms with E-state index in [1.165, 1.54) is 78.3 Å². The van der Waals surface area contributed by atoms with Crippen molar-refractivity contribution in [2.75, 3.05) is 9.80 Å². The zero-order valence-corrected chi connectivity index (χ0v) is 25.2. The van der Waals surface area contributed by atoms with E-state index in [-0.39, 0.29) is 12.1 Å². The highest BCUT2D eigenvalue weighted by molar-refractivity contribution is 7.00. The molecule has 41 heavy (non-hydrogen) atoms. The second kappa shape index (κ2) is 9.14. The van der Waals surface area contributed by atoms with Crippen LogP contribution < -0.4 is 26.2 Å². The van der Waals surface area contributed by atoms with E-state index in [0.717, 1.165) is 0 Å². The molecule has 3 heteroatoms. The molecule has 2 aliphatic heterocycles. The standard InChI is InChI=1S/C38H37BN2/c1-24-8-14-29(15-9-24)40-33-18-12-26(3)20-31(33)39-32-23-28(38(5,6)7)13-19-34(32)41(30-16-10-25(2)11-17-30)36-22-27(4)21-35(40)37(36)39/h8-23H,1-7H3. The van der Waals surface area contributed by atoms with Crippen LogP contribution in [0, 0.1) is 27.7 Å². The van der Waals surface area contributed by atoms with Crippen LogP contribution in [-0.4, -0.2) is 6.71 Å². The maximum absolute atomic E-state index is 2.50. The molecule has 0 N–H and O–H groups in total. The summed E-state index contributed by atoms with van der Waals surface area (Å²) in [6, 6.07) is 36.9. The number of anilines is 6. The molecular formula is C38H37BN2. The van der Waals surface area contributed by atoms with Crippen molar-refractivity contribution in [3.8, 4) is 0 Å². The van der Waals surface area contributed by atoms with Gasteiger partial charge < -0.3 is 9.80 Å². The second-order valence-electron chi connectivity index (χ2n) is 13.1. The minimum Gasteiger partial charge on any atom is -0.311 e. The molecular weight excluding hydrogens is 495 g/mol. The molecule has 0 atom stereocenters. The molecule has 0 amide bonds. The van der Waals surface area contributed by atoms with E-state index in [1.54, 1.807) is 0 Å². The van der Waals surface area contributed by atoms with Gasteiger partial charge in [0.05, 0.1) is 0 Å². The molecule has 0 aromatic heterocycles. The summed E-state index contributed by atoms with van der Waals surface area (Å²) >= 11 is 0. The first-order valence-corrected chi connectivity index (χ1v) is 14.7. The van der Waals surface area contributed by atoms with E-state index in [2.05, 4.69) is 155 Å². The van der Waals surface area contributed by atoms with Crippen LogP contribution in [0.2, 0.25) is 0 Å². The fourth-order valence-electron chi connectivity index (χ4n) is 6.67. The number of hydrogen-bond acceptors (Lipinski definition) is 2. The van der Waals surface area contributed by atoms with Crippen molar-refractivity contribution in [3.05, 3.63) is 125 Å². The van der Waals surface area contributed by atoms with Gasteiger partial charge in [0.15, 0.2) is 0 Å². The third-order valence-corrected chi connectivity index (χ3v) is 8.82. The Morgan fingerprint density at radius 1 is 0.463 bits per heavy atom. The third kappa shape index (κ3) is 4.10. The van der Waals surface area contributed by atoms with Crippen molar-refractivity contribution in [3.63, 3.8) is 0 Å². The van der Waals surface area contributed by atoms with Crippen molar-refractivity contribution in [1.82, 2.24) is 0 Å². The number of rotatable bonds is 2. The van der Waals surface area contributed by atoms with Crippen LogP contribution in [0.1, 0.15) is 48.6 Å². The van der Waals surface area contributed by atoms with Crippen LogP contribution >= 0.6 is 0 Å². The highest BCUT2D eigenvalue weighted by Crippen LogP contribution is 2.45. The van der Waals surface area contributed by atoms with Gasteiger partial charge in [0.1, 0.15) is 0 Å². The van der Waals surface area contributed by atoms with E-state index in [0.29, 0.717) is 0 Å². The molecule has 0 radical (unpaired) electrons. The molecule has 0 unspecified atom stereocenters. The molecule has 0 fully saturated rings. The minimum absolute atomic E-state index is 0.0537. The lowest BCUT2D eigenvalue weighted by Crippen LogP contribution is -2.61. The van der Waals surface area contributed by atoms with Crippen LogP contribution in [0.3, 0.4) is 0 Å². The average Bonchev–Trinajstić information content (AvgIpc) is 2.93. The van der Waals surface area contributed by atoms with Gasteiger partial charge in [-0.3, -0.25) is 0 Å². The van der Waals surface area contributed by atoms with Crippen molar-refractivity contribution in [2.24, 2.45) is 0 Å². The summed E-state index contributed by atoms with van der Waals surface area (Å²) < 4.78 is 0. The van der Waals surface area contributed by atoms with Crippen molar-refractivity contribution < 1.29 is 0 Å². The molecule has 5 aromatic rings. The molecule has 0 saturated carbocycles. The van der Waals surface area contributed by atoms with Crippen LogP contribution in [0.25, 0.3) is 0 Å². The second-order valence-corrected chi connectivity index (χ2v) is 13.1. The fraction of sp³-hybridized carbons (Fsp3) is 0.211. The normalized spacial score (nSPS) is 13.6. The van der Waals surface area contributed by atoms with Gasteiger partial charge >= 0.3 is 0 Å². The van der Waals surface area contributed by atoms with Crippen molar-refractivity contribution >= 4 is 57.2 Å². The predicted octanol–water partition coefficient (Wildman–Crippen LogP) is 8.30. The summed E-state index contributed by atoms with van der Waals surface area (Å²) in [5.41, 5.74) is 18.1. The highest BCUT2D eigenvalue weighted by atomic mass is 15.2. The number of hydrogen-bond donors (Lipinski definition) is 0. The zero-order valence-electron chi connectivity index (χ0n) is 25.2. The number of fused-ring (bicyclic) bond motifs is 4. The van der Waals surface area contributed by atoms with E-state index < -0.39 is 0 Å². The Bertz CT molecular complexity index is 1790. The molecule has 2 nitrogen and oxygen atoms in total. The molecule has 0 aliphatic carbocycles. The Morgan fingerprint density at radius 3 is 1.44 bits per heavy atom. The summed E-state index contributed by atoms with van der Waals surface area (Å²) in [6.45, 7) is 15.9. The van der Waals surface area contributed by atoms with Crippen LogP contribution in [0.4, 0.5) is 34.1 Å². The van der Waals surface area contributed by atoms with Gasteiger partial charge in [-0.1, -0.05) is 86.0 Å². The minimum atomic E-state index is 0.0537. The van der Waals surface area contributed by atoms with Crippen LogP contribution in [0.15, 0.2) is 97.1 Å². The smallest absolute Gasteiger partial charge is 0.252 e. The van der Waals surface area contributed by atoms with Crippen LogP contribution in [-0.2, 0) is 5.41 Å². The Kier molecular flexibility index (Phi) is 5.73. The fourth-order valence-corrected chi connectivity index (χ4v) is 6.67. The first-order valence-electron chi connectivity index (χ1n) is 14.7. The van der Waals surface area contributed by atoms with Crippen LogP contribution in [0.5, 0.6) is 0 Å². The lowest BCUT2D eigenvalue weighted by atomic mass is 9.33. The monoisotopic (exact) mass is 532 g/mol. The lowest BCUT2D eigenvalue weighted by Gasteiger charge is -2.45. The summed E-state index contributed by atoms with van der Waals surface area (Å²) in [7, 11) is 0. The Morgan fingerprint density at radius 2 is 0.927 bits per heavy atom. The van der Waals surface area contributed by atoms with Gasteiger partial charge in [0, 0.05) is 34.1 Å². The Balaban J connectivity index is 1.60. The van der Waals surface area contributed by atoms with Gasteiger partial charge in [-0.2, -0.15) is 0 Å². The maximum Gasteiger partial charge on any atom is 0.252 e. The largest absolute Gasteiger partial charge is 0.311 e. The molecule has 202 valence electrons. The number of aryl methyl sites for hydroxylation is 4. The predicted molar refractivity (Wildman–Crippen MR) is 178 cm³/mol. The quantitative estimate of drug-likeness (QED) is 0.207. The van der Waals surface area contributed by atoms with E-state index in [4.69, 9.17) is 0 Å². The first-order chi connectivity index (χ1) is 19.6. The Labute approximate surface area is 245 Å². The van der Waals surface area contributed by atoms with Gasteiger partial charge in [-0.15, -0.1) is 0 Å². The zero-order chi connectivity index (χ0) is 28.6. The lowest BCUT2D eigenvalue weighted by molar-refractivity contribution is 0.591. The SMILES string of the molecule is Cc1ccc(N2c3ccc(C)cc3B3c4cc(C(C)(C)C)ccc4N(c4ccc(C)cc4)c4cc(C)cc2c43)cc1.